The van der Waals surface area contributed by atoms with Crippen molar-refractivity contribution in [1.29, 1.82) is 0 Å². The number of epoxide rings is 1. The van der Waals surface area contributed by atoms with Crippen molar-refractivity contribution in [2.24, 2.45) is 5.10 Å². The summed E-state index contributed by atoms with van der Waals surface area (Å²) in [6, 6.07) is 0. The van der Waals surface area contributed by atoms with Crippen molar-refractivity contribution in [1.82, 2.24) is 10.3 Å². The van der Waals surface area contributed by atoms with Gasteiger partial charge in [0.15, 0.2) is 12.5 Å². The number of nitrogens with one attached hydrogen (secondary N) is 1. The summed E-state index contributed by atoms with van der Waals surface area (Å²) < 4.78 is 5.08. The summed E-state index contributed by atoms with van der Waals surface area (Å²) in [6.07, 6.45) is 2.12. The van der Waals surface area contributed by atoms with Crippen LogP contribution in [0.3, 0.4) is 0 Å². The first-order chi connectivity index (χ1) is 3.88. The highest BCUT2D eigenvalue weighted by Gasteiger charge is 2.43. The number of hydrogen-bond donors (Lipinski definition) is 1. The third-order valence-corrected chi connectivity index (χ3v) is 1.31. The van der Waals surface area contributed by atoms with Gasteiger partial charge in [0.1, 0.15) is 6.34 Å². The van der Waals surface area contributed by atoms with Crippen LogP contribution < -0.4 is 5.43 Å². The van der Waals surface area contributed by atoms with Crippen molar-refractivity contribution in [2.45, 2.75) is 12.5 Å². The van der Waals surface area contributed by atoms with Crippen LogP contribution in [-0.4, -0.2) is 30.7 Å². The predicted molar refractivity (Wildman–Crippen MR) is 28.1 cm³/mol. The van der Waals surface area contributed by atoms with Crippen LogP contribution in [0.1, 0.15) is 0 Å². The topological polar surface area (TPSA) is 40.2 Å². The minimum absolute atomic E-state index is 0.157. The highest BCUT2D eigenvalue weighted by Crippen LogP contribution is 2.22. The van der Waals surface area contributed by atoms with Crippen LogP contribution in [0.5, 0.6) is 0 Å². The third-order valence-electron chi connectivity index (χ3n) is 1.31. The van der Waals surface area contributed by atoms with Gasteiger partial charge in [-0.25, -0.2) is 0 Å². The van der Waals surface area contributed by atoms with E-state index < -0.39 is 0 Å². The minimum atomic E-state index is 0.157. The Morgan fingerprint density at radius 3 is 3.38 bits per heavy atom. The van der Waals surface area contributed by atoms with E-state index in [1.54, 1.807) is 6.34 Å². The molecule has 4 heteroatoms. The normalized spacial score (nSPS) is 40.9. The van der Waals surface area contributed by atoms with Crippen LogP contribution >= 0.6 is 0 Å². The monoisotopic (exact) mass is 113 g/mol. The molecule has 4 nitrogen and oxygen atoms in total. The Labute approximate surface area is 47.1 Å². The Morgan fingerprint density at radius 2 is 2.75 bits per heavy atom. The lowest BCUT2D eigenvalue weighted by molar-refractivity contribution is 0.291. The third kappa shape index (κ3) is 0.403. The van der Waals surface area contributed by atoms with Crippen molar-refractivity contribution in [3.05, 3.63) is 0 Å². The SMILES string of the molecule is CN1C=NNC2OC21. The van der Waals surface area contributed by atoms with Gasteiger partial charge in [0.05, 0.1) is 0 Å². The molecular weight excluding hydrogens is 106 g/mol. The summed E-state index contributed by atoms with van der Waals surface area (Å²) in [4.78, 5) is 1.93. The van der Waals surface area contributed by atoms with Gasteiger partial charge in [-0.3, -0.25) is 5.43 Å². The van der Waals surface area contributed by atoms with E-state index in [1.807, 2.05) is 11.9 Å². The molecule has 2 atom stereocenters. The van der Waals surface area contributed by atoms with Gasteiger partial charge in [-0.05, 0) is 0 Å². The molecule has 0 aromatic carbocycles. The van der Waals surface area contributed by atoms with Crippen LogP contribution in [0, 0.1) is 0 Å². The highest BCUT2D eigenvalue weighted by atomic mass is 16.6. The largest absolute Gasteiger partial charge is 0.335 e. The minimum Gasteiger partial charge on any atom is -0.335 e. The first kappa shape index (κ1) is 4.14. The summed E-state index contributed by atoms with van der Waals surface area (Å²) in [5.41, 5.74) is 2.79. The van der Waals surface area contributed by atoms with Gasteiger partial charge in [0, 0.05) is 7.05 Å². The molecular formula is C4H7N3O. The Morgan fingerprint density at radius 1 is 1.88 bits per heavy atom. The number of likely N-dealkylation sites (N-methyl/N-ethyl adjacent to an activating group) is 1. The van der Waals surface area contributed by atoms with E-state index in [2.05, 4.69) is 10.5 Å². The smallest absolute Gasteiger partial charge is 0.190 e. The molecule has 0 saturated carbocycles. The molecule has 0 aromatic rings. The number of hydrazone groups is 1. The molecule has 2 aliphatic heterocycles. The van der Waals surface area contributed by atoms with Crippen LogP contribution in [0.4, 0.5) is 0 Å². The second-order valence-electron chi connectivity index (χ2n) is 1.99. The molecule has 2 unspecified atom stereocenters. The van der Waals surface area contributed by atoms with Crippen molar-refractivity contribution in [3.63, 3.8) is 0 Å². The van der Waals surface area contributed by atoms with Gasteiger partial charge >= 0.3 is 0 Å². The predicted octanol–water partition coefficient (Wildman–Crippen LogP) is -0.853. The average Bonchev–Trinajstić information content (AvgIpc) is 2.45. The van der Waals surface area contributed by atoms with Crippen molar-refractivity contribution >= 4 is 6.34 Å². The fourth-order valence-electron chi connectivity index (χ4n) is 0.772. The summed E-state index contributed by atoms with van der Waals surface area (Å²) in [7, 11) is 1.94. The molecule has 1 N–H and O–H groups in total. The summed E-state index contributed by atoms with van der Waals surface area (Å²) in [5.74, 6) is 0. The molecule has 2 heterocycles. The fraction of sp³-hybridized carbons (Fsp3) is 0.750. The zero-order valence-electron chi connectivity index (χ0n) is 4.53. The fourth-order valence-corrected chi connectivity index (χ4v) is 0.772. The molecule has 0 bridgehead atoms. The summed E-state index contributed by atoms with van der Waals surface area (Å²) >= 11 is 0. The Balaban J connectivity index is 2.13. The number of ether oxygens (including phenoxy) is 1. The molecule has 0 spiro atoms. The van der Waals surface area contributed by atoms with Crippen LogP contribution in [-0.2, 0) is 4.74 Å². The highest BCUT2D eigenvalue weighted by molar-refractivity contribution is 5.56. The Kier molecular flexibility index (Phi) is 0.590. The number of hydrogen-bond acceptors (Lipinski definition) is 4. The first-order valence-electron chi connectivity index (χ1n) is 2.54. The Bertz CT molecular complexity index is 135. The van der Waals surface area contributed by atoms with Crippen LogP contribution in [0.15, 0.2) is 5.10 Å². The molecule has 1 saturated heterocycles. The Hall–Kier alpha value is -0.770. The van der Waals surface area contributed by atoms with Gasteiger partial charge in [-0.15, -0.1) is 0 Å². The molecule has 2 rings (SSSR count). The number of fused-ring (bicyclic) bond motifs is 1. The van der Waals surface area contributed by atoms with Gasteiger partial charge < -0.3 is 9.64 Å². The van der Waals surface area contributed by atoms with Gasteiger partial charge in [-0.2, -0.15) is 5.10 Å². The van der Waals surface area contributed by atoms with E-state index in [-0.39, 0.29) is 12.5 Å². The van der Waals surface area contributed by atoms with E-state index in [1.165, 1.54) is 0 Å². The summed E-state index contributed by atoms with van der Waals surface area (Å²) in [5, 5.41) is 3.81. The number of rotatable bonds is 0. The zero-order chi connectivity index (χ0) is 5.56. The first-order valence-corrected chi connectivity index (χ1v) is 2.54. The summed E-state index contributed by atoms with van der Waals surface area (Å²) in [6.45, 7) is 0. The van der Waals surface area contributed by atoms with E-state index in [0.717, 1.165) is 0 Å². The maximum atomic E-state index is 5.08. The standard InChI is InChI=1S/C4H7N3O/c1-7-2-5-6-3-4(7)8-3/h2-4,6H,1H3. The van der Waals surface area contributed by atoms with E-state index in [9.17, 15) is 0 Å². The maximum Gasteiger partial charge on any atom is 0.190 e. The lowest BCUT2D eigenvalue weighted by atomic mass is 10.6. The van der Waals surface area contributed by atoms with Crippen molar-refractivity contribution in [2.75, 3.05) is 7.05 Å². The lowest BCUT2D eigenvalue weighted by Gasteiger charge is -2.11. The lowest BCUT2D eigenvalue weighted by Crippen LogP contribution is -2.31. The maximum absolute atomic E-state index is 5.08. The van der Waals surface area contributed by atoms with E-state index >= 15 is 0 Å². The molecule has 0 aromatic heterocycles. The van der Waals surface area contributed by atoms with E-state index in [4.69, 9.17) is 4.74 Å². The van der Waals surface area contributed by atoms with Crippen LogP contribution in [0.2, 0.25) is 0 Å². The molecule has 2 aliphatic rings. The second kappa shape index (κ2) is 1.14. The number of nitrogens with zero attached hydrogens (tertiary/aromatic N) is 2. The molecule has 0 amide bonds. The van der Waals surface area contributed by atoms with Crippen molar-refractivity contribution < 1.29 is 4.74 Å². The van der Waals surface area contributed by atoms with Gasteiger partial charge in [0.25, 0.3) is 0 Å². The molecule has 1 fully saturated rings. The van der Waals surface area contributed by atoms with Gasteiger partial charge in [0.2, 0.25) is 0 Å². The van der Waals surface area contributed by atoms with Crippen molar-refractivity contribution in [3.8, 4) is 0 Å². The average molecular weight is 113 g/mol. The molecule has 44 valence electrons. The van der Waals surface area contributed by atoms with E-state index in [0.29, 0.717) is 0 Å². The molecule has 0 aliphatic carbocycles. The quantitative estimate of drug-likeness (QED) is 0.416. The second-order valence-corrected chi connectivity index (χ2v) is 1.99. The molecule has 0 radical (unpaired) electrons. The van der Waals surface area contributed by atoms with Crippen LogP contribution in [0.25, 0.3) is 0 Å². The molecule has 8 heavy (non-hydrogen) atoms. The van der Waals surface area contributed by atoms with Gasteiger partial charge in [-0.1, -0.05) is 0 Å². The zero-order valence-corrected chi connectivity index (χ0v) is 4.53.